The van der Waals surface area contributed by atoms with Crippen molar-refractivity contribution in [3.05, 3.63) is 64.9 Å². The highest BCUT2D eigenvalue weighted by atomic mass is 35.5. The summed E-state index contributed by atoms with van der Waals surface area (Å²) in [5.41, 5.74) is 0.237. The maximum absolute atomic E-state index is 14.4. The van der Waals surface area contributed by atoms with E-state index in [1.54, 1.807) is 13.0 Å². The fraction of sp³-hybridized carbons (Fsp3) is 0.440. The van der Waals surface area contributed by atoms with Gasteiger partial charge in [0.25, 0.3) is 0 Å². The molecule has 1 aliphatic carbocycles. The van der Waals surface area contributed by atoms with Gasteiger partial charge in [0.15, 0.2) is 0 Å². The summed E-state index contributed by atoms with van der Waals surface area (Å²) in [4.78, 5) is 27.6. The predicted molar refractivity (Wildman–Crippen MR) is 133 cm³/mol. The molecule has 1 fully saturated rings. The van der Waals surface area contributed by atoms with E-state index in [0.29, 0.717) is 5.02 Å². The van der Waals surface area contributed by atoms with E-state index in [0.717, 1.165) is 36.4 Å². The molecule has 2 aromatic rings. The highest BCUT2D eigenvalue weighted by molar-refractivity contribution is 7.89. The zero-order valence-electron chi connectivity index (χ0n) is 19.9. The third-order valence-corrected chi connectivity index (χ3v) is 8.37. The van der Waals surface area contributed by atoms with Gasteiger partial charge in [-0.25, -0.2) is 12.8 Å². The monoisotopic (exact) mass is 523 g/mol. The lowest BCUT2D eigenvalue weighted by atomic mass is 9.95. The Labute approximate surface area is 211 Å². The third kappa shape index (κ3) is 7.02. The van der Waals surface area contributed by atoms with Crippen molar-refractivity contribution in [2.45, 2.75) is 62.6 Å². The number of carbonyl (C=O) groups excluding carboxylic acids is 2. The third-order valence-electron chi connectivity index (χ3n) is 6.30. The Balaban J connectivity index is 1.80. The number of rotatable bonds is 9. The number of hydrogen-bond donors (Lipinski definition) is 1. The van der Waals surface area contributed by atoms with E-state index in [-0.39, 0.29) is 29.0 Å². The minimum absolute atomic E-state index is 0.0130. The predicted octanol–water partition coefficient (Wildman–Crippen LogP) is 3.97. The van der Waals surface area contributed by atoms with Crippen LogP contribution in [-0.2, 0) is 26.2 Å². The molecular weight excluding hydrogens is 493 g/mol. The maximum atomic E-state index is 14.4. The topological polar surface area (TPSA) is 86.8 Å². The first-order valence-corrected chi connectivity index (χ1v) is 13.5. The first-order valence-electron chi connectivity index (χ1n) is 11.6. The normalized spacial score (nSPS) is 15.6. The largest absolute Gasteiger partial charge is 0.352 e. The van der Waals surface area contributed by atoms with Crippen molar-refractivity contribution >= 4 is 33.4 Å². The van der Waals surface area contributed by atoms with Gasteiger partial charge in [0, 0.05) is 30.2 Å². The fourth-order valence-corrected chi connectivity index (χ4v) is 5.36. The Morgan fingerprint density at radius 2 is 1.71 bits per heavy atom. The lowest BCUT2D eigenvalue weighted by Gasteiger charge is -2.32. The average molecular weight is 524 g/mol. The molecule has 0 unspecified atom stereocenters. The zero-order valence-corrected chi connectivity index (χ0v) is 21.5. The van der Waals surface area contributed by atoms with E-state index in [1.165, 1.54) is 54.4 Å². The maximum Gasteiger partial charge on any atom is 0.243 e. The molecule has 0 spiro atoms. The van der Waals surface area contributed by atoms with Crippen LogP contribution in [0.15, 0.2) is 53.4 Å². The number of hydrogen-bond acceptors (Lipinski definition) is 4. The van der Waals surface area contributed by atoms with Gasteiger partial charge >= 0.3 is 0 Å². The number of likely N-dealkylation sites (N-methyl/N-ethyl adjacent to an activating group) is 1. The van der Waals surface area contributed by atoms with Crippen LogP contribution in [0.3, 0.4) is 0 Å². The zero-order chi connectivity index (χ0) is 25.6. The van der Waals surface area contributed by atoms with Crippen LogP contribution >= 0.6 is 11.6 Å². The molecular formula is C25H31ClFN3O4S. The molecule has 7 nitrogen and oxygen atoms in total. The SMILES string of the molecule is C[C@@H](C(=O)NC1CCCCC1)N(Cc1ccccc1F)C(=O)CN(C)S(=O)(=O)c1ccc(Cl)cc1. The number of nitrogens with one attached hydrogen (secondary N) is 1. The lowest BCUT2D eigenvalue weighted by molar-refractivity contribution is -0.141. The Morgan fingerprint density at radius 3 is 2.34 bits per heavy atom. The van der Waals surface area contributed by atoms with Crippen molar-refractivity contribution in [1.29, 1.82) is 0 Å². The van der Waals surface area contributed by atoms with Crippen LogP contribution in [0, 0.1) is 5.82 Å². The van der Waals surface area contributed by atoms with Crippen LogP contribution in [-0.4, -0.2) is 55.1 Å². The molecule has 2 aromatic carbocycles. The van der Waals surface area contributed by atoms with Crippen LogP contribution in [0.2, 0.25) is 5.02 Å². The highest BCUT2D eigenvalue weighted by Gasteiger charge is 2.31. The summed E-state index contributed by atoms with van der Waals surface area (Å²) in [6, 6.07) is 10.7. The van der Waals surface area contributed by atoms with Gasteiger partial charge < -0.3 is 10.2 Å². The standard InChI is InChI=1S/C25H31ClFN3O4S/c1-18(25(32)28-21-9-4-3-5-10-21)30(16-19-8-6-7-11-23(19)27)24(31)17-29(2)35(33,34)22-14-12-20(26)13-15-22/h6-8,11-15,18,21H,3-5,9-10,16-17H2,1-2H3,(H,28,32)/t18-/m0/s1. The number of amides is 2. The first-order chi connectivity index (χ1) is 16.6. The van der Waals surface area contributed by atoms with Crippen LogP contribution in [0.4, 0.5) is 4.39 Å². The molecule has 1 atom stereocenters. The molecule has 10 heteroatoms. The molecule has 0 heterocycles. The molecule has 0 radical (unpaired) electrons. The van der Waals surface area contributed by atoms with E-state index >= 15 is 0 Å². The van der Waals surface area contributed by atoms with Gasteiger partial charge in [-0.3, -0.25) is 9.59 Å². The molecule has 1 saturated carbocycles. The minimum atomic E-state index is -3.98. The van der Waals surface area contributed by atoms with Crippen molar-refractivity contribution in [1.82, 2.24) is 14.5 Å². The molecule has 1 N–H and O–H groups in total. The summed E-state index contributed by atoms with van der Waals surface area (Å²) in [6.07, 6.45) is 4.95. The smallest absolute Gasteiger partial charge is 0.243 e. The second-order valence-electron chi connectivity index (χ2n) is 8.85. The Morgan fingerprint density at radius 1 is 1.09 bits per heavy atom. The summed E-state index contributed by atoms with van der Waals surface area (Å²) < 4.78 is 41.2. The molecule has 0 aromatic heterocycles. The second-order valence-corrected chi connectivity index (χ2v) is 11.3. The Bertz CT molecular complexity index is 1140. The van der Waals surface area contributed by atoms with Gasteiger partial charge in [-0.05, 0) is 50.1 Å². The van der Waals surface area contributed by atoms with Crippen molar-refractivity contribution in [2.24, 2.45) is 0 Å². The molecule has 35 heavy (non-hydrogen) atoms. The Kier molecular flexibility index (Phi) is 9.27. The summed E-state index contributed by atoms with van der Waals surface area (Å²) in [6.45, 7) is 0.894. The van der Waals surface area contributed by atoms with Gasteiger partial charge in [-0.1, -0.05) is 49.1 Å². The number of nitrogens with zero attached hydrogens (tertiary/aromatic N) is 2. The minimum Gasteiger partial charge on any atom is -0.352 e. The quantitative estimate of drug-likeness (QED) is 0.539. The first kappa shape index (κ1) is 27.1. The van der Waals surface area contributed by atoms with Crippen LogP contribution in [0.25, 0.3) is 0 Å². The van der Waals surface area contributed by atoms with Gasteiger partial charge in [0.1, 0.15) is 11.9 Å². The molecule has 0 bridgehead atoms. The molecule has 2 amide bonds. The van der Waals surface area contributed by atoms with E-state index in [9.17, 15) is 22.4 Å². The number of halogens is 2. The fourth-order valence-electron chi connectivity index (χ4n) is 4.11. The number of carbonyl (C=O) groups is 2. The van der Waals surface area contributed by atoms with Crippen LogP contribution in [0.5, 0.6) is 0 Å². The van der Waals surface area contributed by atoms with Crippen LogP contribution in [0.1, 0.15) is 44.6 Å². The average Bonchev–Trinajstić information content (AvgIpc) is 2.84. The molecule has 0 saturated heterocycles. The van der Waals surface area contributed by atoms with Crippen molar-refractivity contribution in [3.8, 4) is 0 Å². The number of benzene rings is 2. The summed E-state index contributed by atoms with van der Waals surface area (Å²) in [5.74, 6) is -1.46. The van der Waals surface area contributed by atoms with E-state index < -0.39 is 34.3 Å². The van der Waals surface area contributed by atoms with Crippen molar-refractivity contribution in [3.63, 3.8) is 0 Å². The number of sulfonamides is 1. The van der Waals surface area contributed by atoms with Gasteiger partial charge in [-0.15, -0.1) is 0 Å². The van der Waals surface area contributed by atoms with E-state index in [2.05, 4.69) is 5.32 Å². The summed E-state index contributed by atoms with van der Waals surface area (Å²) in [5, 5.41) is 3.38. The summed E-state index contributed by atoms with van der Waals surface area (Å²) in [7, 11) is -2.69. The van der Waals surface area contributed by atoms with Crippen molar-refractivity contribution in [2.75, 3.05) is 13.6 Å². The van der Waals surface area contributed by atoms with Crippen molar-refractivity contribution < 1.29 is 22.4 Å². The second kappa shape index (κ2) is 12.0. The van der Waals surface area contributed by atoms with Gasteiger partial charge in [0.05, 0.1) is 11.4 Å². The van der Waals surface area contributed by atoms with Gasteiger partial charge in [-0.2, -0.15) is 4.31 Å². The van der Waals surface area contributed by atoms with Gasteiger partial charge in [0.2, 0.25) is 21.8 Å². The molecule has 3 rings (SSSR count). The molecule has 190 valence electrons. The molecule has 0 aliphatic heterocycles. The van der Waals surface area contributed by atoms with E-state index in [1.807, 2.05) is 0 Å². The highest BCUT2D eigenvalue weighted by Crippen LogP contribution is 2.20. The summed E-state index contributed by atoms with van der Waals surface area (Å²) >= 11 is 5.85. The van der Waals surface area contributed by atoms with Crippen LogP contribution < -0.4 is 5.32 Å². The molecule has 1 aliphatic rings. The van der Waals surface area contributed by atoms with E-state index in [4.69, 9.17) is 11.6 Å². The lowest BCUT2D eigenvalue weighted by Crippen LogP contribution is -2.52. The Hall–Kier alpha value is -2.49.